The van der Waals surface area contributed by atoms with Crippen LogP contribution in [0.3, 0.4) is 0 Å². The molecule has 2 aromatic rings. The number of nitrogen functional groups attached to an aromatic ring is 1. The van der Waals surface area contributed by atoms with Gasteiger partial charge in [-0.2, -0.15) is 0 Å². The minimum absolute atomic E-state index is 0.0330. The van der Waals surface area contributed by atoms with Crippen molar-refractivity contribution < 1.29 is 13.2 Å². The molecule has 8 heteroatoms. The zero-order chi connectivity index (χ0) is 15.6. The molecule has 0 aliphatic carbocycles. The molecule has 0 radical (unpaired) electrons. The number of ether oxygens (including phenoxy) is 1. The van der Waals surface area contributed by atoms with Crippen LogP contribution in [-0.4, -0.2) is 15.5 Å². The summed E-state index contributed by atoms with van der Waals surface area (Å²) < 4.78 is 32.0. The first-order valence-corrected chi connectivity index (χ1v) is 7.98. The van der Waals surface area contributed by atoms with Crippen LogP contribution < -0.4 is 15.2 Å². The smallest absolute Gasteiger partial charge is 0.261 e. The van der Waals surface area contributed by atoms with Gasteiger partial charge in [0.1, 0.15) is 5.75 Å². The van der Waals surface area contributed by atoms with Gasteiger partial charge < -0.3 is 10.5 Å². The fourth-order valence-corrected chi connectivity index (χ4v) is 3.47. The van der Waals surface area contributed by atoms with Gasteiger partial charge in [-0.1, -0.05) is 23.2 Å². The number of hydrogen-bond donors (Lipinski definition) is 2. The minimum atomic E-state index is -3.81. The van der Waals surface area contributed by atoms with E-state index in [9.17, 15) is 8.42 Å². The third-order valence-corrected chi connectivity index (χ3v) is 4.43. The summed E-state index contributed by atoms with van der Waals surface area (Å²) in [6.45, 7) is 0. The Labute approximate surface area is 132 Å². The zero-order valence-corrected chi connectivity index (χ0v) is 13.3. The summed E-state index contributed by atoms with van der Waals surface area (Å²) in [5.41, 5.74) is 6.37. The Kier molecular flexibility index (Phi) is 4.51. The van der Waals surface area contributed by atoms with Gasteiger partial charge in [-0.25, -0.2) is 8.42 Å². The molecule has 0 bridgehead atoms. The minimum Gasteiger partial charge on any atom is -0.495 e. The molecule has 21 heavy (non-hydrogen) atoms. The maximum atomic E-state index is 12.3. The summed E-state index contributed by atoms with van der Waals surface area (Å²) in [4.78, 5) is -0.0330. The van der Waals surface area contributed by atoms with E-state index >= 15 is 0 Å². The van der Waals surface area contributed by atoms with E-state index in [1.54, 1.807) is 12.1 Å². The number of rotatable bonds is 4. The lowest BCUT2D eigenvalue weighted by Crippen LogP contribution is -2.13. The fourth-order valence-electron chi connectivity index (χ4n) is 1.70. The van der Waals surface area contributed by atoms with Gasteiger partial charge in [0.2, 0.25) is 0 Å². The van der Waals surface area contributed by atoms with Crippen molar-refractivity contribution in [2.45, 2.75) is 4.90 Å². The standard InChI is InChI=1S/C13H12Cl2N2O3S/c1-20-13-3-2-10(7-12(13)16)17-21(18,19)11-5-8(14)4-9(15)6-11/h2-7,17H,16H2,1H3. The van der Waals surface area contributed by atoms with Crippen molar-refractivity contribution in [3.05, 3.63) is 46.4 Å². The van der Waals surface area contributed by atoms with Crippen molar-refractivity contribution in [2.24, 2.45) is 0 Å². The molecule has 2 aromatic carbocycles. The Bertz CT molecular complexity index is 759. The second-order valence-corrected chi connectivity index (χ2v) is 6.72. The topological polar surface area (TPSA) is 81.4 Å². The number of anilines is 2. The van der Waals surface area contributed by atoms with Crippen molar-refractivity contribution in [3.8, 4) is 5.75 Å². The lowest BCUT2D eigenvalue weighted by atomic mass is 10.2. The molecule has 0 spiro atoms. The average molecular weight is 347 g/mol. The molecule has 0 saturated carbocycles. The molecule has 2 rings (SSSR count). The number of methoxy groups -OCH3 is 1. The Morgan fingerprint density at radius 1 is 1.10 bits per heavy atom. The van der Waals surface area contributed by atoms with Crippen LogP contribution >= 0.6 is 23.2 Å². The van der Waals surface area contributed by atoms with E-state index in [4.69, 9.17) is 33.7 Å². The lowest BCUT2D eigenvalue weighted by Gasteiger charge is -2.11. The van der Waals surface area contributed by atoms with Crippen LogP contribution in [0.1, 0.15) is 0 Å². The van der Waals surface area contributed by atoms with Crippen LogP contribution in [0, 0.1) is 0 Å². The third kappa shape index (κ3) is 3.72. The van der Waals surface area contributed by atoms with Gasteiger partial charge in [-0.3, -0.25) is 4.72 Å². The highest BCUT2D eigenvalue weighted by atomic mass is 35.5. The number of nitrogens with two attached hydrogens (primary N) is 1. The van der Waals surface area contributed by atoms with Crippen molar-refractivity contribution in [2.75, 3.05) is 17.6 Å². The summed E-state index contributed by atoms with van der Waals surface area (Å²) in [5.74, 6) is 0.462. The first kappa shape index (κ1) is 15.8. The summed E-state index contributed by atoms with van der Waals surface area (Å²) >= 11 is 11.6. The molecule has 0 fully saturated rings. The van der Waals surface area contributed by atoms with E-state index in [2.05, 4.69) is 4.72 Å². The number of nitrogens with one attached hydrogen (secondary N) is 1. The predicted molar refractivity (Wildman–Crippen MR) is 84.7 cm³/mol. The maximum Gasteiger partial charge on any atom is 0.261 e. The molecule has 5 nitrogen and oxygen atoms in total. The third-order valence-electron chi connectivity index (χ3n) is 2.63. The zero-order valence-electron chi connectivity index (χ0n) is 10.9. The van der Waals surface area contributed by atoms with Crippen LogP contribution in [0.5, 0.6) is 5.75 Å². The van der Waals surface area contributed by atoms with Crippen LogP contribution in [0.2, 0.25) is 10.0 Å². The normalized spacial score (nSPS) is 11.2. The first-order valence-electron chi connectivity index (χ1n) is 5.74. The van der Waals surface area contributed by atoms with E-state index < -0.39 is 10.0 Å². The fraction of sp³-hybridized carbons (Fsp3) is 0.0769. The van der Waals surface area contributed by atoms with Crippen molar-refractivity contribution in [1.29, 1.82) is 0 Å². The van der Waals surface area contributed by atoms with Gasteiger partial charge in [-0.15, -0.1) is 0 Å². The van der Waals surface area contributed by atoms with Gasteiger partial charge >= 0.3 is 0 Å². The average Bonchev–Trinajstić information content (AvgIpc) is 2.37. The Balaban J connectivity index is 2.35. The molecule has 0 atom stereocenters. The SMILES string of the molecule is COc1ccc(NS(=O)(=O)c2cc(Cl)cc(Cl)c2)cc1N. The van der Waals surface area contributed by atoms with Crippen LogP contribution in [0.25, 0.3) is 0 Å². The largest absolute Gasteiger partial charge is 0.495 e. The number of benzene rings is 2. The Hall–Kier alpha value is -1.63. The maximum absolute atomic E-state index is 12.3. The quantitative estimate of drug-likeness (QED) is 0.831. The van der Waals surface area contributed by atoms with Crippen LogP contribution in [0.4, 0.5) is 11.4 Å². The Morgan fingerprint density at radius 3 is 2.24 bits per heavy atom. The highest BCUT2D eigenvalue weighted by Crippen LogP contribution is 2.27. The summed E-state index contributed by atoms with van der Waals surface area (Å²) in [5, 5.41) is 0.467. The summed E-state index contributed by atoms with van der Waals surface area (Å²) in [6, 6.07) is 8.64. The van der Waals surface area contributed by atoms with Gasteiger partial charge in [0.25, 0.3) is 10.0 Å². The van der Waals surface area contributed by atoms with E-state index in [1.807, 2.05) is 0 Å². The van der Waals surface area contributed by atoms with E-state index in [-0.39, 0.29) is 14.9 Å². The van der Waals surface area contributed by atoms with Gasteiger partial charge in [0, 0.05) is 10.0 Å². The van der Waals surface area contributed by atoms with Crippen LogP contribution in [0.15, 0.2) is 41.3 Å². The molecule has 0 aliphatic heterocycles. The molecule has 3 N–H and O–H groups in total. The van der Waals surface area contributed by atoms with Gasteiger partial charge in [0.05, 0.1) is 23.4 Å². The Morgan fingerprint density at radius 2 is 1.71 bits per heavy atom. The number of sulfonamides is 1. The molecular weight excluding hydrogens is 335 g/mol. The van der Waals surface area contributed by atoms with Gasteiger partial charge in [-0.05, 0) is 36.4 Å². The lowest BCUT2D eigenvalue weighted by molar-refractivity contribution is 0.417. The van der Waals surface area contributed by atoms with E-state index in [0.717, 1.165) is 0 Å². The van der Waals surface area contributed by atoms with Crippen molar-refractivity contribution >= 4 is 44.6 Å². The molecule has 112 valence electrons. The molecule has 0 aliphatic rings. The summed E-state index contributed by atoms with van der Waals surface area (Å²) in [7, 11) is -2.33. The molecular formula is C13H12Cl2N2O3S. The second-order valence-electron chi connectivity index (χ2n) is 4.17. The van der Waals surface area contributed by atoms with E-state index in [0.29, 0.717) is 17.1 Å². The van der Waals surface area contributed by atoms with Crippen LogP contribution in [-0.2, 0) is 10.0 Å². The number of hydrogen-bond acceptors (Lipinski definition) is 4. The molecule has 0 amide bonds. The molecule has 0 aromatic heterocycles. The highest BCUT2D eigenvalue weighted by Gasteiger charge is 2.16. The first-order chi connectivity index (χ1) is 9.81. The highest BCUT2D eigenvalue weighted by molar-refractivity contribution is 7.92. The van der Waals surface area contributed by atoms with Gasteiger partial charge in [0.15, 0.2) is 0 Å². The second kappa shape index (κ2) is 6.01. The molecule has 0 saturated heterocycles. The molecule has 0 heterocycles. The molecule has 0 unspecified atom stereocenters. The van der Waals surface area contributed by atoms with Crippen molar-refractivity contribution in [1.82, 2.24) is 0 Å². The monoisotopic (exact) mass is 346 g/mol. The van der Waals surface area contributed by atoms with E-state index in [1.165, 1.54) is 31.4 Å². The number of halogens is 2. The van der Waals surface area contributed by atoms with Crippen molar-refractivity contribution in [3.63, 3.8) is 0 Å². The predicted octanol–water partition coefficient (Wildman–Crippen LogP) is 3.39. The summed E-state index contributed by atoms with van der Waals surface area (Å²) in [6.07, 6.45) is 0.